The van der Waals surface area contributed by atoms with Crippen molar-refractivity contribution in [2.24, 2.45) is 0 Å². The van der Waals surface area contributed by atoms with Crippen LogP contribution in [0.15, 0.2) is 12.4 Å². The van der Waals surface area contributed by atoms with Gasteiger partial charge in [0.05, 0.1) is 17.6 Å². The normalized spacial score (nSPS) is 18.4. The molecule has 0 atom stereocenters. The molecular weight excluding hydrogens is 360 g/mol. The Morgan fingerprint density at radius 1 is 1.29 bits per heavy atom. The molecule has 1 fully saturated rings. The standard InChI is InChI=1S/C19H26N6O3/c1-3-13-10-15(23-22-13)18(27)24-8-5-19(6-9-24)17-14(20-12-21-17)4-7-25(19)16(26)11-28-2/h10,12H,3-9,11H2,1-2H3,(H,20,21)(H,22,23). The zero-order chi connectivity index (χ0) is 19.7. The second kappa shape index (κ2) is 7.38. The molecule has 1 saturated heterocycles. The van der Waals surface area contributed by atoms with Crippen molar-refractivity contribution in [1.29, 1.82) is 0 Å². The number of rotatable bonds is 4. The maximum absolute atomic E-state index is 12.8. The van der Waals surface area contributed by atoms with Crippen LogP contribution < -0.4 is 0 Å². The molecule has 0 unspecified atom stereocenters. The van der Waals surface area contributed by atoms with E-state index in [1.807, 2.05) is 22.8 Å². The number of nitrogens with one attached hydrogen (secondary N) is 2. The Hall–Kier alpha value is -2.68. The number of carbonyl (C=O) groups excluding carboxylic acids is 2. The van der Waals surface area contributed by atoms with Gasteiger partial charge in [-0.2, -0.15) is 5.10 Å². The number of aromatic nitrogens is 4. The molecule has 2 aromatic rings. The van der Waals surface area contributed by atoms with Gasteiger partial charge in [-0.25, -0.2) is 4.98 Å². The zero-order valence-corrected chi connectivity index (χ0v) is 16.3. The lowest BCUT2D eigenvalue weighted by molar-refractivity contribution is -0.145. The molecule has 2 N–H and O–H groups in total. The van der Waals surface area contributed by atoms with Crippen LogP contribution in [0.25, 0.3) is 0 Å². The molecule has 0 bridgehead atoms. The number of carbonyl (C=O) groups is 2. The number of hydrogen-bond donors (Lipinski definition) is 2. The number of fused-ring (bicyclic) bond motifs is 2. The molecule has 0 saturated carbocycles. The summed E-state index contributed by atoms with van der Waals surface area (Å²) < 4.78 is 5.09. The summed E-state index contributed by atoms with van der Waals surface area (Å²) in [6.07, 6.45) is 4.56. The number of methoxy groups -OCH3 is 1. The summed E-state index contributed by atoms with van der Waals surface area (Å²) in [5.74, 6) is -0.102. The van der Waals surface area contributed by atoms with Gasteiger partial charge in [-0.15, -0.1) is 0 Å². The molecule has 0 aromatic carbocycles. The Labute approximate surface area is 163 Å². The van der Waals surface area contributed by atoms with Crippen LogP contribution in [0, 0.1) is 0 Å². The van der Waals surface area contributed by atoms with Gasteiger partial charge in [0.15, 0.2) is 0 Å². The van der Waals surface area contributed by atoms with Crippen molar-refractivity contribution in [2.45, 2.75) is 38.1 Å². The highest BCUT2D eigenvalue weighted by atomic mass is 16.5. The third-order valence-electron chi connectivity index (χ3n) is 5.94. The molecule has 2 aromatic heterocycles. The Bertz CT molecular complexity index is 865. The minimum atomic E-state index is -0.486. The molecule has 2 aliphatic heterocycles. The number of H-pyrrole nitrogens is 2. The lowest BCUT2D eigenvalue weighted by Gasteiger charge is -2.50. The first-order chi connectivity index (χ1) is 13.6. The first-order valence-electron chi connectivity index (χ1n) is 9.74. The monoisotopic (exact) mass is 386 g/mol. The Kier molecular flexibility index (Phi) is 4.92. The SMILES string of the molecule is CCc1cc(C(=O)N2CCC3(CC2)c2nc[nH]c2CCN3C(=O)COC)n[nH]1. The van der Waals surface area contributed by atoms with Gasteiger partial charge in [0.1, 0.15) is 12.3 Å². The van der Waals surface area contributed by atoms with Gasteiger partial charge in [0, 0.05) is 44.6 Å². The zero-order valence-electron chi connectivity index (χ0n) is 16.3. The van der Waals surface area contributed by atoms with Gasteiger partial charge >= 0.3 is 0 Å². The number of aryl methyl sites for hydroxylation is 1. The highest BCUT2D eigenvalue weighted by molar-refractivity contribution is 5.92. The van der Waals surface area contributed by atoms with E-state index in [1.54, 1.807) is 6.33 Å². The van der Waals surface area contributed by atoms with Crippen LogP contribution in [0.3, 0.4) is 0 Å². The highest BCUT2D eigenvalue weighted by Crippen LogP contribution is 2.42. The molecule has 0 aliphatic carbocycles. The third-order valence-corrected chi connectivity index (χ3v) is 5.94. The molecule has 150 valence electrons. The van der Waals surface area contributed by atoms with Crippen LogP contribution in [0.5, 0.6) is 0 Å². The van der Waals surface area contributed by atoms with Gasteiger partial charge in [0.2, 0.25) is 5.91 Å². The van der Waals surface area contributed by atoms with E-state index in [4.69, 9.17) is 4.74 Å². The number of ether oxygens (including phenoxy) is 1. The molecule has 0 radical (unpaired) electrons. The van der Waals surface area contributed by atoms with Crippen LogP contribution in [-0.2, 0) is 27.9 Å². The number of likely N-dealkylation sites (tertiary alicyclic amines) is 1. The quantitative estimate of drug-likeness (QED) is 0.810. The van der Waals surface area contributed by atoms with Crippen LogP contribution in [0.4, 0.5) is 0 Å². The molecule has 28 heavy (non-hydrogen) atoms. The average Bonchev–Trinajstić information content (AvgIpc) is 3.38. The van der Waals surface area contributed by atoms with E-state index < -0.39 is 5.54 Å². The van der Waals surface area contributed by atoms with E-state index in [0.29, 0.717) is 38.2 Å². The number of aromatic amines is 2. The minimum absolute atomic E-state index is 0.0317. The number of nitrogens with zero attached hydrogens (tertiary/aromatic N) is 4. The number of piperidine rings is 1. The van der Waals surface area contributed by atoms with E-state index in [2.05, 4.69) is 20.2 Å². The molecule has 2 aliphatic rings. The lowest BCUT2D eigenvalue weighted by Crippen LogP contribution is -2.59. The van der Waals surface area contributed by atoms with Crippen molar-refractivity contribution in [1.82, 2.24) is 30.0 Å². The van der Waals surface area contributed by atoms with Crippen molar-refractivity contribution in [3.05, 3.63) is 35.2 Å². The molecule has 9 nitrogen and oxygen atoms in total. The summed E-state index contributed by atoms with van der Waals surface area (Å²) in [6, 6.07) is 1.81. The summed E-state index contributed by atoms with van der Waals surface area (Å²) in [6.45, 7) is 3.80. The first-order valence-corrected chi connectivity index (χ1v) is 9.74. The third kappa shape index (κ3) is 2.99. The maximum atomic E-state index is 12.8. The van der Waals surface area contributed by atoms with E-state index >= 15 is 0 Å². The lowest BCUT2D eigenvalue weighted by atomic mass is 9.78. The first kappa shape index (κ1) is 18.7. The smallest absolute Gasteiger partial charge is 0.274 e. The number of amides is 2. The summed E-state index contributed by atoms with van der Waals surface area (Å²) in [7, 11) is 1.53. The second-order valence-corrected chi connectivity index (χ2v) is 7.41. The minimum Gasteiger partial charge on any atom is -0.375 e. The Morgan fingerprint density at radius 3 is 2.75 bits per heavy atom. The van der Waals surface area contributed by atoms with Gasteiger partial charge in [-0.05, 0) is 25.3 Å². The summed E-state index contributed by atoms with van der Waals surface area (Å²) >= 11 is 0. The van der Waals surface area contributed by atoms with Crippen LogP contribution in [0.2, 0.25) is 0 Å². The van der Waals surface area contributed by atoms with E-state index in [9.17, 15) is 9.59 Å². The van der Waals surface area contributed by atoms with E-state index in [1.165, 1.54) is 7.11 Å². The predicted molar refractivity (Wildman–Crippen MR) is 101 cm³/mol. The fourth-order valence-electron chi connectivity index (χ4n) is 4.44. The number of hydrogen-bond acceptors (Lipinski definition) is 5. The molecular formula is C19H26N6O3. The molecule has 1 spiro atoms. The average molecular weight is 386 g/mol. The van der Waals surface area contributed by atoms with Crippen LogP contribution in [-0.4, -0.2) is 75.1 Å². The van der Waals surface area contributed by atoms with Crippen molar-refractivity contribution in [3.63, 3.8) is 0 Å². The van der Waals surface area contributed by atoms with Crippen molar-refractivity contribution in [3.8, 4) is 0 Å². The summed E-state index contributed by atoms with van der Waals surface area (Å²) in [5, 5.41) is 7.05. The van der Waals surface area contributed by atoms with E-state index in [-0.39, 0.29) is 18.4 Å². The molecule has 4 rings (SSSR count). The van der Waals surface area contributed by atoms with Crippen molar-refractivity contribution in [2.75, 3.05) is 33.4 Å². The second-order valence-electron chi connectivity index (χ2n) is 7.41. The molecule has 2 amide bonds. The van der Waals surface area contributed by atoms with Gasteiger partial charge in [0.25, 0.3) is 5.91 Å². The van der Waals surface area contributed by atoms with Gasteiger partial charge in [-0.1, -0.05) is 6.92 Å². The summed E-state index contributed by atoms with van der Waals surface area (Å²) in [4.78, 5) is 37.1. The topological polar surface area (TPSA) is 107 Å². The fourth-order valence-corrected chi connectivity index (χ4v) is 4.44. The van der Waals surface area contributed by atoms with Crippen LogP contribution in [0.1, 0.15) is 47.3 Å². The highest BCUT2D eigenvalue weighted by Gasteiger charge is 2.49. The largest absolute Gasteiger partial charge is 0.375 e. The van der Waals surface area contributed by atoms with Gasteiger partial charge in [-0.3, -0.25) is 14.7 Å². The molecule has 9 heteroatoms. The Balaban J connectivity index is 1.56. The Morgan fingerprint density at radius 2 is 2.07 bits per heavy atom. The summed E-state index contributed by atoms with van der Waals surface area (Å²) in [5.41, 5.74) is 2.93. The van der Waals surface area contributed by atoms with Crippen molar-refractivity contribution >= 4 is 11.8 Å². The van der Waals surface area contributed by atoms with Crippen LogP contribution >= 0.6 is 0 Å². The fraction of sp³-hybridized carbons (Fsp3) is 0.579. The van der Waals surface area contributed by atoms with Gasteiger partial charge < -0.3 is 19.5 Å². The predicted octanol–water partition coefficient (Wildman–Crippen LogP) is 0.858. The van der Waals surface area contributed by atoms with E-state index in [0.717, 1.165) is 29.9 Å². The van der Waals surface area contributed by atoms with Crippen molar-refractivity contribution < 1.29 is 14.3 Å². The number of imidazole rings is 1. The molecule has 4 heterocycles. The maximum Gasteiger partial charge on any atom is 0.274 e.